The number of carbonyl (C=O) groups is 1. The molecule has 1 fully saturated rings. The molecule has 6 nitrogen and oxygen atoms in total. The van der Waals surface area contributed by atoms with E-state index in [4.69, 9.17) is 9.84 Å². The fourth-order valence-electron chi connectivity index (χ4n) is 4.57. The Balaban J connectivity index is 1.73. The summed E-state index contributed by atoms with van der Waals surface area (Å²) < 4.78 is 69.3. The Kier molecular flexibility index (Phi) is 8.67. The smallest absolute Gasteiger partial charge is 0.449 e. The van der Waals surface area contributed by atoms with Gasteiger partial charge in [-0.05, 0) is 55.9 Å². The first-order valence-corrected chi connectivity index (χ1v) is 13.2. The lowest BCUT2D eigenvalue weighted by molar-refractivity contribution is -0.137. The molecule has 1 aromatic rings. The van der Waals surface area contributed by atoms with Crippen LogP contribution in [0, 0.1) is 5.92 Å². The molecule has 0 unspecified atom stereocenters. The van der Waals surface area contributed by atoms with Crippen molar-refractivity contribution in [2.24, 2.45) is 5.92 Å². The molecule has 0 saturated heterocycles. The maximum atomic E-state index is 13.0. The summed E-state index contributed by atoms with van der Waals surface area (Å²) in [5.41, 5.74) is -0.395. The summed E-state index contributed by atoms with van der Waals surface area (Å²) in [6, 6.07) is 3.72. The number of hydrogen-bond acceptors (Lipinski definition) is 5. The van der Waals surface area contributed by atoms with Crippen molar-refractivity contribution in [2.45, 2.75) is 62.4 Å². The van der Waals surface area contributed by atoms with Crippen molar-refractivity contribution in [3.05, 3.63) is 53.4 Å². The normalized spacial score (nSPS) is 18.1. The summed E-state index contributed by atoms with van der Waals surface area (Å²) in [5.74, 6) is 0.270. The van der Waals surface area contributed by atoms with Crippen molar-refractivity contribution >= 4 is 16.0 Å². The van der Waals surface area contributed by atoms with Gasteiger partial charge in [0.2, 0.25) is 0 Å². The third-order valence-electron chi connectivity index (χ3n) is 6.26. The molecule has 2 aliphatic rings. The minimum atomic E-state index is -4.63. The van der Waals surface area contributed by atoms with Crippen LogP contribution in [0.3, 0.4) is 0 Å². The first-order valence-electron chi connectivity index (χ1n) is 11.5. The van der Waals surface area contributed by atoms with Crippen LogP contribution in [0.1, 0.15) is 56.9 Å². The molecule has 10 heteroatoms. The molecule has 1 aromatic carbocycles. The Hall–Kier alpha value is -2.49. The number of alkyl halides is 3. The zero-order valence-electron chi connectivity index (χ0n) is 18.9. The third-order valence-corrected chi connectivity index (χ3v) is 8.06. The average molecular weight is 502 g/mol. The summed E-state index contributed by atoms with van der Waals surface area (Å²) in [7, 11) is -3.95. The van der Waals surface area contributed by atoms with E-state index in [1.54, 1.807) is 6.08 Å². The van der Waals surface area contributed by atoms with Crippen LogP contribution in [0.25, 0.3) is 0 Å². The second-order valence-corrected chi connectivity index (χ2v) is 10.9. The molecule has 0 radical (unpaired) electrons. The highest BCUT2D eigenvalue weighted by molar-refractivity contribution is 7.91. The van der Waals surface area contributed by atoms with E-state index < -0.39 is 27.7 Å². The van der Waals surface area contributed by atoms with Crippen molar-refractivity contribution in [1.82, 2.24) is 4.90 Å². The Morgan fingerprint density at radius 2 is 1.85 bits per heavy atom. The fourth-order valence-corrected chi connectivity index (χ4v) is 5.93. The molecule has 0 aromatic heterocycles. The summed E-state index contributed by atoms with van der Waals surface area (Å²) in [6.07, 6.45) is 4.57. The number of hydrogen-bond donors (Lipinski definition) is 1. The van der Waals surface area contributed by atoms with Crippen LogP contribution in [0.4, 0.5) is 18.0 Å². The lowest BCUT2D eigenvalue weighted by atomic mass is 9.98. The number of halogens is 3. The molecule has 1 saturated carbocycles. The Morgan fingerprint density at radius 3 is 2.50 bits per heavy atom. The Bertz CT molecular complexity index is 1030. The topological polar surface area (TPSA) is 83.9 Å². The average Bonchev–Trinajstić information content (AvgIpc) is 3.03. The highest BCUT2D eigenvalue weighted by Crippen LogP contribution is 2.32. The summed E-state index contributed by atoms with van der Waals surface area (Å²) in [5, 5.41) is 9.13. The minimum Gasteiger partial charge on any atom is -0.449 e. The molecule has 1 heterocycles. The Morgan fingerprint density at radius 1 is 1.15 bits per heavy atom. The van der Waals surface area contributed by atoms with E-state index in [2.05, 4.69) is 0 Å². The predicted molar refractivity (Wildman–Crippen MR) is 121 cm³/mol. The molecule has 1 aliphatic heterocycles. The quantitative estimate of drug-likeness (QED) is 0.347. The SMILES string of the molecule is O=C(O)OC1=C(CCCS(=O)(=O)c2cccc(C(F)(F)F)c2)N(CC2CCCCCC2)CC=C1. The van der Waals surface area contributed by atoms with Crippen molar-refractivity contribution in [1.29, 1.82) is 0 Å². The molecule has 1 aliphatic carbocycles. The van der Waals surface area contributed by atoms with Gasteiger partial charge in [-0.2, -0.15) is 13.2 Å². The van der Waals surface area contributed by atoms with Crippen molar-refractivity contribution in [3.8, 4) is 0 Å². The fraction of sp³-hybridized carbons (Fsp3) is 0.542. The van der Waals surface area contributed by atoms with Crippen molar-refractivity contribution in [2.75, 3.05) is 18.8 Å². The van der Waals surface area contributed by atoms with Gasteiger partial charge in [0, 0.05) is 13.1 Å². The van der Waals surface area contributed by atoms with Gasteiger partial charge in [0.05, 0.1) is 21.9 Å². The first kappa shape index (κ1) is 26.1. The zero-order chi connectivity index (χ0) is 24.8. The highest BCUT2D eigenvalue weighted by atomic mass is 32.2. The number of ether oxygens (including phenoxy) is 1. The van der Waals surface area contributed by atoms with Gasteiger partial charge in [-0.1, -0.05) is 37.8 Å². The van der Waals surface area contributed by atoms with Crippen molar-refractivity contribution in [3.63, 3.8) is 0 Å². The predicted octanol–water partition coefficient (Wildman–Crippen LogP) is 6.01. The van der Waals surface area contributed by atoms with E-state index in [1.807, 2.05) is 11.0 Å². The molecule has 0 spiro atoms. The lowest BCUT2D eigenvalue weighted by Crippen LogP contribution is -2.32. The van der Waals surface area contributed by atoms with E-state index >= 15 is 0 Å². The van der Waals surface area contributed by atoms with Gasteiger partial charge in [-0.3, -0.25) is 0 Å². The molecule has 1 N–H and O–H groups in total. The Labute approximate surface area is 198 Å². The number of sulfone groups is 1. The molecule has 3 rings (SSSR count). The number of rotatable bonds is 8. The number of allylic oxidation sites excluding steroid dienone is 2. The van der Waals surface area contributed by atoms with Gasteiger partial charge < -0.3 is 14.7 Å². The van der Waals surface area contributed by atoms with E-state index in [-0.39, 0.29) is 29.2 Å². The number of benzene rings is 1. The van der Waals surface area contributed by atoms with Crippen LogP contribution in [-0.2, 0) is 20.8 Å². The third kappa shape index (κ3) is 7.25. The van der Waals surface area contributed by atoms with Gasteiger partial charge in [-0.25, -0.2) is 13.2 Å². The molecular formula is C24H30F3NO5S. The number of carboxylic acid groups (broad SMARTS) is 1. The van der Waals surface area contributed by atoms with Crippen LogP contribution in [0.2, 0.25) is 0 Å². The van der Waals surface area contributed by atoms with E-state index in [1.165, 1.54) is 12.8 Å². The van der Waals surface area contributed by atoms with Gasteiger partial charge in [0.1, 0.15) is 0 Å². The highest BCUT2D eigenvalue weighted by Gasteiger charge is 2.32. The standard InChI is InChI=1S/C24H30F3NO5S/c25-24(26,27)19-10-5-11-20(16-19)34(31,32)15-7-12-21-22(33-23(29)30)13-6-14-28(21)17-18-8-3-1-2-4-9-18/h5-6,10-11,13,16,18H,1-4,7-9,12,14-15,17H2,(H,29,30). The molecule has 34 heavy (non-hydrogen) atoms. The molecule has 188 valence electrons. The van der Waals surface area contributed by atoms with Gasteiger partial charge >= 0.3 is 12.3 Å². The van der Waals surface area contributed by atoms with Crippen LogP contribution in [0.5, 0.6) is 0 Å². The molecule has 0 bridgehead atoms. The number of nitrogens with zero attached hydrogens (tertiary/aromatic N) is 1. The second-order valence-electron chi connectivity index (χ2n) is 8.79. The van der Waals surface area contributed by atoms with E-state index in [9.17, 15) is 26.4 Å². The van der Waals surface area contributed by atoms with E-state index in [0.29, 0.717) is 24.2 Å². The van der Waals surface area contributed by atoms with Crippen LogP contribution < -0.4 is 0 Å². The van der Waals surface area contributed by atoms with Gasteiger partial charge in [-0.15, -0.1) is 0 Å². The van der Waals surface area contributed by atoms with Crippen LogP contribution in [0.15, 0.2) is 52.8 Å². The van der Waals surface area contributed by atoms with E-state index in [0.717, 1.165) is 50.4 Å². The monoisotopic (exact) mass is 501 g/mol. The molecule has 0 atom stereocenters. The van der Waals surface area contributed by atoms with Crippen molar-refractivity contribution < 1.29 is 36.2 Å². The van der Waals surface area contributed by atoms with Gasteiger partial charge in [0.15, 0.2) is 15.6 Å². The van der Waals surface area contributed by atoms with Crippen LogP contribution >= 0.6 is 0 Å². The van der Waals surface area contributed by atoms with Crippen LogP contribution in [-0.4, -0.2) is 43.4 Å². The molecular weight excluding hydrogens is 471 g/mol. The maximum absolute atomic E-state index is 13.0. The first-order chi connectivity index (χ1) is 16.1. The largest absolute Gasteiger partial charge is 0.511 e. The maximum Gasteiger partial charge on any atom is 0.511 e. The lowest BCUT2D eigenvalue weighted by Gasteiger charge is -2.33. The molecule has 0 amide bonds. The minimum absolute atomic E-state index is 0.120. The summed E-state index contributed by atoms with van der Waals surface area (Å²) >= 11 is 0. The van der Waals surface area contributed by atoms with Gasteiger partial charge in [0.25, 0.3) is 0 Å². The second kappa shape index (κ2) is 11.3. The summed E-state index contributed by atoms with van der Waals surface area (Å²) in [6.45, 7) is 1.30. The zero-order valence-corrected chi connectivity index (χ0v) is 19.7. The summed E-state index contributed by atoms with van der Waals surface area (Å²) in [4.78, 5) is 12.9.